The summed E-state index contributed by atoms with van der Waals surface area (Å²) in [6.45, 7) is 0.206. The van der Waals surface area contributed by atoms with Crippen molar-refractivity contribution in [2.24, 2.45) is 5.92 Å². The Morgan fingerprint density at radius 3 is 2.83 bits per heavy atom. The van der Waals surface area contributed by atoms with Gasteiger partial charge in [0.05, 0.1) is 13.7 Å². The quantitative estimate of drug-likeness (QED) is 0.397. The van der Waals surface area contributed by atoms with E-state index in [1.165, 1.54) is 11.6 Å². The average molecular weight is 480 g/mol. The summed E-state index contributed by atoms with van der Waals surface area (Å²) in [7, 11) is 1.40. The molecular weight excluding hydrogens is 458 g/mol. The van der Waals surface area contributed by atoms with Crippen molar-refractivity contribution in [3.63, 3.8) is 0 Å². The average Bonchev–Trinajstić information content (AvgIpc) is 3.59. The molecule has 1 aliphatic carbocycles. The van der Waals surface area contributed by atoms with Gasteiger partial charge in [0.2, 0.25) is 11.8 Å². The topological polar surface area (TPSA) is 117 Å². The molecule has 1 amide bonds. The molecule has 0 radical (unpaired) electrons. The summed E-state index contributed by atoms with van der Waals surface area (Å²) < 4.78 is 40.6. The minimum absolute atomic E-state index is 0.0571. The van der Waals surface area contributed by atoms with Gasteiger partial charge in [-0.15, -0.1) is 5.10 Å². The molecule has 0 saturated heterocycles. The van der Waals surface area contributed by atoms with Gasteiger partial charge < -0.3 is 20.5 Å². The number of hydrogen-bond acceptors (Lipinski definition) is 7. The minimum atomic E-state index is -0.805. The SMILES string of the molecule is COc1ncc(-c2ccn3nc(N)nc3c2)cc1C(=O)NCc1cc(F)cc(F)c1OCC1CC1. The van der Waals surface area contributed by atoms with Crippen molar-refractivity contribution in [1.29, 1.82) is 0 Å². The Bertz CT molecular complexity index is 1420. The zero-order chi connectivity index (χ0) is 24.5. The smallest absolute Gasteiger partial charge is 0.257 e. The Morgan fingerprint density at radius 2 is 2.06 bits per heavy atom. The molecule has 1 aliphatic rings. The second-order valence-electron chi connectivity index (χ2n) is 8.28. The Kier molecular flexibility index (Phi) is 5.89. The van der Waals surface area contributed by atoms with Crippen molar-refractivity contribution in [2.45, 2.75) is 19.4 Å². The standard InChI is InChI=1S/C24H22F2N6O3/c1-34-23-18(7-15(10-29-23)14-4-5-32-20(8-14)30-24(27)31-32)22(33)28-11-16-6-17(25)9-19(26)21(16)35-12-13-2-3-13/h4-10,13H,2-3,11-12H2,1H3,(H2,27,31)(H,28,33). The maximum Gasteiger partial charge on any atom is 0.257 e. The normalized spacial score (nSPS) is 13.1. The first-order valence-electron chi connectivity index (χ1n) is 11.0. The summed E-state index contributed by atoms with van der Waals surface area (Å²) in [5.41, 5.74) is 7.91. The number of hydrogen-bond donors (Lipinski definition) is 2. The molecular formula is C24H22F2N6O3. The number of carbonyl (C=O) groups excluding carboxylic acids is 1. The summed E-state index contributed by atoms with van der Waals surface area (Å²) in [6.07, 6.45) is 5.30. The number of aromatic nitrogens is 4. The number of methoxy groups -OCH3 is 1. The molecule has 0 unspecified atom stereocenters. The number of nitrogens with one attached hydrogen (secondary N) is 1. The maximum atomic E-state index is 14.4. The largest absolute Gasteiger partial charge is 0.490 e. The molecule has 3 N–H and O–H groups in total. The predicted molar refractivity (Wildman–Crippen MR) is 123 cm³/mol. The zero-order valence-electron chi connectivity index (χ0n) is 18.8. The number of nitrogens with zero attached hydrogens (tertiary/aromatic N) is 4. The number of amides is 1. The van der Waals surface area contributed by atoms with E-state index in [0.29, 0.717) is 23.7 Å². The van der Waals surface area contributed by atoms with Gasteiger partial charge in [-0.1, -0.05) is 0 Å². The number of ether oxygens (including phenoxy) is 2. The van der Waals surface area contributed by atoms with Crippen molar-refractivity contribution in [2.75, 3.05) is 19.5 Å². The highest BCUT2D eigenvalue weighted by Gasteiger charge is 2.24. The van der Waals surface area contributed by atoms with Crippen LogP contribution in [0.1, 0.15) is 28.8 Å². The molecule has 0 bridgehead atoms. The van der Waals surface area contributed by atoms with Crippen LogP contribution in [0.2, 0.25) is 0 Å². The fraction of sp³-hybridized carbons (Fsp3) is 0.250. The third kappa shape index (κ3) is 4.84. The lowest BCUT2D eigenvalue weighted by atomic mass is 10.1. The summed E-state index contributed by atoms with van der Waals surface area (Å²) in [5, 5.41) is 6.72. The Morgan fingerprint density at radius 1 is 1.23 bits per heavy atom. The van der Waals surface area contributed by atoms with E-state index in [2.05, 4.69) is 20.4 Å². The van der Waals surface area contributed by atoms with Gasteiger partial charge in [0.1, 0.15) is 11.4 Å². The Hall–Kier alpha value is -4.28. The molecule has 9 nitrogen and oxygen atoms in total. The summed E-state index contributed by atoms with van der Waals surface area (Å²) in [6, 6.07) is 7.07. The zero-order valence-corrected chi connectivity index (χ0v) is 18.8. The van der Waals surface area contributed by atoms with Crippen LogP contribution in [-0.4, -0.2) is 39.2 Å². The van der Waals surface area contributed by atoms with Crippen LogP contribution in [0.15, 0.2) is 42.7 Å². The van der Waals surface area contributed by atoms with E-state index >= 15 is 0 Å². The second-order valence-corrected chi connectivity index (χ2v) is 8.28. The van der Waals surface area contributed by atoms with Crippen molar-refractivity contribution in [3.05, 3.63) is 65.5 Å². The number of carbonyl (C=O) groups is 1. The van der Waals surface area contributed by atoms with Gasteiger partial charge in [0, 0.05) is 36.1 Å². The number of rotatable bonds is 8. The van der Waals surface area contributed by atoms with Gasteiger partial charge in [0.25, 0.3) is 5.91 Å². The van der Waals surface area contributed by atoms with Gasteiger partial charge in [-0.25, -0.2) is 18.3 Å². The number of pyridine rings is 2. The number of nitrogens with two attached hydrogens (primary N) is 1. The van der Waals surface area contributed by atoms with E-state index in [0.717, 1.165) is 30.5 Å². The van der Waals surface area contributed by atoms with Crippen LogP contribution in [0.5, 0.6) is 11.6 Å². The second kappa shape index (κ2) is 9.16. The molecule has 0 spiro atoms. The first-order chi connectivity index (χ1) is 16.9. The molecule has 4 aromatic rings. The molecule has 5 rings (SSSR count). The van der Waals surface area contributed by atoms with E-state index in [4.69, 9.17) is 15.2 Å². The fourth-order valence-corrected chi connectivity index (χ4v) is 3.68. The highest BCUT2D eigenvalue weighted by Crippen LogP contribution is 2.32. The summed E-state index contributed by atoms with van der Waals surface area (Å²) >= 11 is 0. The molecule has 0 atom stereocenters. The number of fused-ring (bicyclic) bond motifs is 1. The molecule has 11 heteroatoms. The van der Waals surface area contributed by atoms with Crippen LogP contribution in [-0.2, 0) is 6.54 Å². The highest BCUT2D eigenvalue weighted by molar-refractivity contribution is 5.97. The fourth-order valence-electron chi connectivity index (χ4n) is 3.68. The van der Waals surface area contributed by atoms with Gasteiger partial charge >= 0.3 is 0 Å². The lowest BCUT2D eigenvalue weighted by Gasteiger charge is -2.14. The third-order valence-corrected chi connectivity index (χ3v) is 5.66. The number of benzene rings is 1. The van der Waals surface area contributed by atoms with Crippen molar-refractivity contribution < 1.29 is 23.0 Å². The van der Waals surface area contributed by atoms with Crippen LogP contribution < -0.4 is 20.5 Å². The number of halogens is 2. The molecule has 35 heavy (non-hydrogen) atoms. The number of anilines is 1. The van der Waals surface area contributed by atoms with Gasteiger partial charge in [-0.05, 0) is 48.6 Å². The van der Waals surface area contributed by atoms with Crippen LogP contribution >= 0.6 is 0 Å². The summed E-state index contributed by atoms with van der Waals surface area (Å²) in [5.74, 6) is -1.51. The first-order valence-corrected chi connectivity index (χ1v) is 11.0. The molecule has 1 aromatic carbocycles. The van der Waals surface area contributed by atoms with Gasteiger partial charge in [-0.3, -0.25) is 4.79 Å². The van der Waals surface area contributed by atoms with E-state index < -0.39 is 17.5 Å². The van der Waals surface area contributed by atoms with Crippen LogP contribution in [0, 0.1) is 17.6 Å². The predicted octanol–water partition coefficient (Wildman–Crippen LogP) is 3.38. The molecule has 180 valence electrons. The first kappa shape index (κ1) is 22.5. The van der Waals surface area contributed by atoms with Crippen LogP contribution in [0.3, 0.4) is 0 Å². The molecule has 1 fully saturated rings. The van der Waals surface area contributed by atoms with Crippen molar-refractivity contribution in [1.82, 2.24) is 24.9 Å². The highest BCUT2D eigenvalue weighted by atomic mass is 19.1. The van der Waals surface area contributed by atoms with Gasteiger partial charge in [-0.2, -0.15) is 4.98 Å². The van der Waals surface area contributed by atoms with E-state index in [-0.39, 0.29) is 35.2 Å². The lowest BCUT2D eigenvalue weighted by Crippen LogP contribution is -2.24. The van der Waals surface area contributed by atoms with E-state index in [1.807, 2.05) is 0 Å². The molecule has 3 aromatic heterocycles. The van der Waals surface area contributed by atoms with Crippen molar-refractivity contribution >= 4 is 17.5 Å². The number of nitrogen functional groups attached to an aromatic ring is 1. The van der Waals surface area contributed by atoms with Crippen LogP contribution in [0.25, 0.3) is 16.8 Å². The lowest BCUT2D eigenvalue weighted by molar-refractivity contribution is 0.0946. The Labute approximate surface area is 198 Å². The molecule has 3 heterocycles. The van der Waals surface area contributed by atoms with Crippen LogP contribution in [0.4, 0.5) is 14.7 Å². The molecule has 0 aliphatic heterocycles. The minimum Gasteiger partial charge on any atom is -0.490 e. The molecule has 1 saturated carbocycles. The maximum absolute atomic E-state index is 14.4. The Balaban J connectivity index is 1.39. The van der Waals surface area contributed by atoms with Gasteiger partial charge in [0.15, 0.2) is 17.2 Å². The van der Waals surface area contributed by atoms with Crippen molar-refractivity contribution in [3.8, 4) is 22.8 Å². The van der Waals surface area contributed by atoms with E-state index in [1.54, 1.807) is 30.6 Å². The summed E-state index contributed by atoms with van der Waals surface area (Å²) in [4.78, 5) is 21.4. The third-order valence-electron chi connectivity index (χ3n) is 5.66. The van der Waals surface area contributed by atoms with E-state index in [9.17, 15) is 13.6 Å². The monoisotopic (exact) mass is 480 g/mol.